The van der Waals surface area contributed by atoms with Gasteiger partial charge in [0.05, 0.1) is 17.2 Å². The van der Waals surface area contributed by atoms with E-state index < -0.39 is 47.6 Å². The van der Waals surface area contributed by atoms with Gasteiger partial charge >= 0.3 is 12.1 Å². The summed E-state index contributed by atoms with van der Waals surface area (Å²) in [7, 11) is 0. The van der Waals surface area contributed by atoms with Crippen LogP contribution in [0.15, 0.2) is 48.5 Å². The number of nitrogens with one attached hydrogen (secondary N) is 1. The zero-order chi connectivity index (χ0) is 21.9. The van der Waals surface area contributed by atoms with Crippen LogP contribution in [-0.2, 0) is 25.3 Å². The van der Waals surface area contributed by atoms with Gasteiger partial charge in [-0.2, -0.15) is 13.2 Å². The summed E-state index contributed by atoms with van der Waals surface area (Å²) in [6.45, 7) is -0.811. The fourth-order valence-corrected chi connectivity index (χ4v) is 3.02. The standard InChI is InChI=1S/C20H16F4N2O4/c21-13-5-7-14(8-6-13)26-10-12(9-18(26)28)19(29)30-11-17(27)25-16-4-2-1-3-15(16)20(22,23)24/h1-8,12H,9-11H2,(H,25,27)/t12-/m0/s1. The van der Waals surface area contributed by atoms with Gasteiger partial charge in [-0.25, -0.2) is 4.39 Å². The van der Waals surface area contributed by atoms with Crippen molar-refractivity contribution in [2.24, 2.45) is 5.92 Å². The quantitative estimate of drug-likeness (QED) is 0.590. The number of alkyl halides is 3. The molecule has 1 saturated heterocycles. The van der Waals surface area contributed by atoms with Gasteiger partial charge in [0.15, 0.2) is 6.61 Å². The predicted octanol–water partition coefficient (Wildman–Crippen LogP) is 3.38. The lowest BCUT2D eigenvalue weighted by Gasteiger charge is -2.16. The summed E-state index contributed by atoms with van der Waals surface area (Å²) in [5, 5.41) is 2.06. The number of anilines is 2. The highest BCUT2D eigenvalue weighted by Crippen LogP contribution is 2.34. The first-order chi connectivity index (χ1) is 14.1. The van der Waals surface area contributed by atoms with Crippen LogP contribution in [0.3, 0.4) is 0 Å². The van der Waals surface area contributed by atoms with E-state index in [9.17, 15) is 31.9 Å². The third-order valence-electron chi connectivity index (χ3n) is 4.45. The molecule has 0 spiro atoms. The molecule has 0 radical (unpaired) electrons. The lowest BCUT2D eigenvalue weighted by Crippen LogP contribution is -2.28. The largest absolute Gasteiger partial charge is 0.455 e. The van der Waals surface area contributed by atoms with Crippen molar-refractivity contribution in [3.05, 3.63) is 59.9 Å². The number of nitrogens with zero attached hydrogens (tertiary/aromatic N) is 1. The van der Waals surface area contributed by atoms with Crippen molar-refractivity contribution >= 4 is 29.2 Å². The fourth-order valence-electron chi connectivity index (χ4n) is 3.02. The SMILES string of the molecule is O=C(COC(=O)[C@H]1CC(=O)N(c2ccc(F)cc2)C1)Nc1ccccc1C(F)(F)F. The van der Waals surface area contributed by atoms with Crippen LogP contribution in [0.5, 0.6) is 0 Å². The van der Waals surface area contributed by atoms with E-state index in [1.54, 1.807) is 0 Å². The zero-order valence-corrected chi connectivity index (χ0v) is 15.4. The van der Waals surface area contributed by atoms with Gasteiger partial charge < -0.3 is 15.0 Å². The molecule has 0 unspecified atom stereocenters. The van der Waals surface area contributed by atoms with E-state index in [0.29, 0.717) is 5.69 Å². The predicted molar refractivity (Wildman–Crippen MR) is 97.9 cm³/mol. The molecule has 0 aromatic heterocycles. The molecule has 1 N–H and O–H groups in total. The van der Waals surface area contributed by atoms with Crippen LogP contribution < -0.4 is 10.2 Å². The number of carbonyl (C=O) groups excluding carboxylic acids is 3. The number of ether oxygens (including phenoxy) is 1. The average molecular weight is 424 g/mol. The van der Waals surface area contributed by atoms with Crippen LogP contribution in [-0.4, -0.2) is 30.9 Å². The van der Waals surface area contributed by atoms with Crippen LogP contribution in [0.25, 0.3) is 0 Å². The summed E-state index contributed by atoms with van der Waals surface area (Å²) in [5.74, 6) is -3.46. The zero-order valence-electron chi connectivity index (χ0n) is 15.4. The smallest absolute Gasteiger partial charge is 0.418 e. The Bertz CT molecular complexity index is 960. The van der Waals surface area contributed by atoms with E-state index in [1.807, 2.05) is 0 Å². The number of rotatable bonds is 5. The van der Waals surface area contributed by atoms with Gasteiger partial charge in [0.1, 0.15) is 5.82 Å². The number of esters is 1. The summed E-state index contributed by atoms with van der Waals surface area (Å²) in [5.41, 5.74) is -1.07. The van der Waals surface area contributed by atoms with Crippen molar-refractivity contribution in [2.45, 2.75) is 12.6 Å². The number of halogens is 4. The molecule has 1 fully saturated rings. The molecule has 0 bridgehead atoms. The topological polar surface area (TPSA) is 75.7 Å². The van der Waals surface area contributed by atoms with Crippen molar-refractivity contribution < 1.29 is 36.7 Å². The first-order valence-corrected chi connectivity index (χ1v) is 8.84. The van der Waals surface area contributed by atoms with Crippen LogP contribution in [0, 0.1) is 11.7 Å². The first kappa shape index (κ1) is 21.3. The highest BCUT2D eigenvalue weighted by molar-refractivity contribution is 6.00. The molecule has 0 aliphatic carbocycles. The number of para-hydroxylation sites is 1. The molecule has 1 aliphatic heterocycles. The summed E-state index contributed by atoms with van der Waals surface area (Å²) >= 11 is 0. The lowest BCUT2D eigenvalue weighted by atomic mass is 10.1. The maximum Gasteiger partial charge on any atom is 0.418 e. The molecular formula is C20H16F4N2O4. The third kappa shape index (κ3) is 4.94. The molecule has 1 aliphatic rings. The van der Waals surface area contributed by atoms with Crippen molar-refractivity contribution in [3.8, 4) is 0 Å². The van der Waals surface area contributed by atoms with E-state index in [0.717, 1.165) is 12.1 Å². The Morgan fingerprint density at radius 3 is 2.43 bits per heavy atom. The number of hydrogen-bond acceptors (Lipinski definition) is 4. The normalized spacial score (nSPS) is 16.5. The van der Waals surface area contributed by atoms with Crippen LogP contribution in [0.1, 0.15) is 12.0 Å². The van der Waals surface area contributed by atoms with E-state index in [-0.39, 0.29) is 18.9 Å². The summed E-state index contributed by atoms with van der Waals surface area (Å²) in [6, 6.07) is 9.55. The maximum atomic E-state index is 13.0. The van der Waals surface area contributed by atoms with Gasteiger partial charge in [-0.15, -0.1) is 0 Å². The Kier molecular flexibility index (Phi) is 6.04. The second kappa shape index (κ2) is 8.52. The fraction of sp³-hybridized carbons (Fsp3) is 0.250. The molecule has 0 saturated carbocycles. The molecular weight excluding hydrogens is 408 g/mol. The molecule has 3 rings (SSSR count). The highest BCUT2D eigenvalue weighted by atomic mass is 19.4. The van der Waals surface area contributed by atoms with Gasteiger partial charge in [-0.1, -0.05) is 12.1 Å². The Hall–Kier alpha value is -3.43. The Labute approximate surface area is 168 Å². The second-order valence-corrected chi connectivity index (χ2v) is 6.58. The summed E-state index contributed by atoms with van der Waals surface area (Å²) in [4.78, 5) is 37.5. The van der Waals surface area contributed by atoms with Gasteiger partial charge in [-0.05, 0) is 36.4 Å². The van der Waals surface area contributed by atoms with Crippen LogP contribution in [0.4, 0.5) is 28.9 Å². The summed E-state index contributed by atoms with van der Waals surface area (Å²) < 4.78 is 56.8. The lowest BCUT2D eigenvalue weighted by molar-refractivity contribution is -0.151. The van der Waals surface area contributed by atoms with Gasteiger partial charge in [-0.3, -0.25) is 14.4 Å². The molecule has 2 aromatic rings. The highest BCUT2D eigenvalue weighted by Gasteiger charge is 2.37. The van der Waals surface area contributed by atoms with E-state index in [1.165, 1.54) is 41.3 Å². The minimum atomic E-state index is -4.66. The van der Waals surface area contributed by atoms with Crippen LogP contribution in [0.2, 0.25) is 0 Å². The monoisotopic (exact) mass is 424 g/mol. The van der Waals surface area contributed by atoms with Crippen molar-refractivity contribution in [1.29, 1.82) is 0 Å². The molecule has 10 heteroatoms. The number of benzene rings is 2. The first-order valence-electron chi connectivity index (χ1n) is 8.84. The molecule has 6 nitrogen and oxygen atoms in total. The Morgan fingerprint density at radius 1 is 1.10 bits per heavy atom. The number of amides is 2. The molecule has 158 valence electrons. The molecule has 2 aromatic carbocycles. The van der Waals surface area contributed by atoms with Crippen molar-refractivity contribution in [3.63, 3.8) is 0 Å². The van der Waals surface area contributed by atoms with E-state index in [2.05, 4.69) is 5.32 Å². The van der Waals surface area contributed by atoms with Gasteiger partial charge in [0.25, 0.3) is 5.91 Å². The molecule has 30 heavy (non-hydrogen) atoms. The number of carbonyl (C=O) groups is 3. The Morgan fingerprint density at radius 2 is 1.77 bits per heavy atom. The average Bonchev–Trinajstić information content (AvgIpc) is 3.08. The van der Waals surface area contributed by atoms with Gasteiger partial charge in [0, 0.05) is 18.7 Å². The molecule has 1 atom stereocenters. The molecule has 2 amide bonds. The molecule has 1 heterocycles. The van der Waals surface area contributed by atoms with Crippen molar-refractivity contribution in [1.82, 2.24) is 0 Å². The van der Waals surface area contributed by atoms with E-state index >= 15 is 0 Å². The third-order valence-corrected chi connectivity index (χ3v) is 4.45. The van der Waals surface area contributed by atoms with Gasteiger partial charge in [0.2, 0.25) is 5.91 Å². The summed E-state index contributed by atoms with van der Waals surface area (Å²) in [6.07, 6.45) is -4.82. The maximum absolute atomic E-state index is 13.0. The minimum Gasteiger partial charge on any atom is -0.455 e. The van der Waals surface area contributed by atoms with Crippen LogP contribution >= 0.6 is 0 Å². The van der Waals surface area contributed by atoms with E-state index in [4.69, 9.17) is 4.74 Å². The Balaban J connectivity index is 1.55. The number of hydrogen-bond donors (Lipinski definition) is 1. The minimum absolute atomic E-state index is 0.0121. The second-order valence-electron chi connectivity index (χ2n) is 6.58. The van der Waals surface area contributed by atoms with Crippen molar-refractivity contribution in [2.75, 3.05) is 23.4 Å².